The Morgan fingerprint density at radius 1 is 1.35 bits per heavy atom. The van der Waals surface area contributed by atoms with E-state index in [0.717, 1.165) is 11.6 Å². The van der Waals surface area contributed by atoms with Gasteiger partial charge in [-0.1, -0.05) is 12.1 Å². The number of aliphatic carboxylic acids is 1. The van der Waals surface area contributed by atoms with E-state index in [4.69, 9.17) is 5.11 Å². The fourth-order valence-electron chi connectivity index (χ4n) is 1.62. The number of nitrogens with one attached hydrogen (secondary N) is 2. The largest absolute Gasteiger partial charge is 0.478 e. The van der Waals surface area contributed by atoms with E-state index < -0.39 is 5.97 Å². The SMILES string of the molecule is Cc1ccc(C=CC(=O)O)cc1NC(=O)c1ccn[nH]1. The van der Waals surface area contributed by atoms with Gasteiger partial charge in [0.25, 0.3) is 5.91 Å². The summed E-state index contributed by atoms with van der Waals surface area (Å²) in [5, 5.41) is 17.6. The molecule has 1 aromatic heterocycles. The third kappa shape index (κ3) is 3.32. The predicted octanol–water partition coefficient (Wildman–Crippen LogP) is 2.07. The quantitative estimate of drug-likeness (QED) is 0.742. The normalized spacial score (nSPS) is 10.7. The zero-order chi connectivity index (χ0) is 14.5. The van der Waals surface area contributed by atoms with Crippen molar-refractivity contribution >= 4 is 23.6 Å². The van der Waals surface area contributed by atoms with Crippen LogP contribution in [-0.2, 0) is 4.79 Å². The summed E-state index contributed by atoms with van der Waals surface area (Å²) >= 11 is 0. The number of nitrogens with zero attached hydrogens (tertiary/aromatic N) is 1. The van der Waals surface area contributed by atoms with Gasteiger partial charge in [-0.15, -0.1) is 0 Å². The zero-order valence-electron chi connectivity index (χ0n) is 10.8. The fourth-order valence-corrected chi connectivity index (χ4v) is 1.62. The minimum absolute atomic E-state index is 0.301. The summed E-state index contributed by atoms with van der Waals surface area (Å²) in [6.07, 6.45) is 4.01. The molecule has 0 saturated carbocycles. The molecular weight excluding hydrogens is 258 g/mol. The maximum Gasteiger partial charge on any atom is 0.328 e. The lowest BCUT2D eigenvalue weighted by Gasteiger charge is -2.08. The number of carboxylic acid groups (broad SMARTS) is 1. The lowest BCUT2D eigenvalue weighted by molar-refractivity contribution is -0.131. The van der Waals surface area contributed by atoms with Crippen molar-refractivity contribution in [1.29, 1.82) is 0 Å². The number of rotatable bonds is 4. The van der Waals surface area contributed by atoms with Gasteiger partial charge in [-0.2, -0.15) is 5.10 Å². The molecule has 0 radical (unpaired) electrons. The Hall–Kier alpha value is -2.89. The molecule has 0 aliphatic heterocycles. The molecule has 0 atom stereocenters. The first-order valence-corrected chi connectivity index (χ1v) is 5.88. The van der Waals surface area contributed by atoms with Crippen molar-refractivity contribution in [3.8, 4) is 0 Å². The summed E-state index contributed by atoms with van der Waals surface area (Å²) in [6, 6.07) is 6.87. The van der Waals surface area contributed by atoms with Gasteiger partial charge in [0, 0.05) is 18.0 Å². The molecule has 1 amide bonds. The molecule has 0 fully saturated rings. The van der Waals surface area contributed by atoms with Gasteiger partial charge in [0.2, 0.25) is 0 Å². The number of H-pyrrole nitrogens is 1. The molecule has 0 unspecified atom stereocenters. The second kappa shape index (κ2) is 5.83. The topological polar surface area (TPSA) is 95.1 Å². The first-order valence-electron chi connectivity index (χ1n) is 5.88. The Kier molecular flexibility index (Phi) is 3.95. The zero-order valence-corrected chi connectivity index (χ0v) is 10.8. The number of hydrogen-bond acceptors (Lipinski definition) is 3. The average Bonchev–Trinajstić information content (AvgIpc) is 2.93. The van der Waals surface area contributed by atoms with Crippen LogP contribution in [-0.4, -0.2) is 27.2 Å². The van der Waals surface area contributed by atoms with Gasteiger partial charge in [0.1, 0.15) is 5.69 Å². The Morgan fingerprint density at radius 3 is 2.80 bits per heavy atom. The van der Waals surface area contributed by atoms with Crippen LogP contribution in [0.3, 0.4) is 0 Å². The number of aryl methyl sites for hydroxylation is 1. The standard InChI is InChI=1S/C14H13N3O3/c1-9-2-3-10(4-5-13(18)19)8-12(9)16-14(20)11-6-7-15-17-11/h2-8H,1H3,(H,15,17)(H,16,20)(H,18,19). The number of carbonyl (C=O) groups excluding carboxylic acids is 1. The molecule has 2 aromatic rings. The van der Waals surface area contributed by atoms with E-state index in [0.29, 0.717) is 16.9 Å². The molecule has 6 nitrogen and oxygen atoms in total. The molecule has 2 rings (SSSR count). The van der Waals surface area contributed by atoms with Gasteiger partial charge < -0.3 is 10.4 Å². The van der Waals surface area contributed by atoms with Crippen LogP contribution in [0.25, 0.3) is 6.08 Å². The summed E-state index contributed by atoms with van der Waals surface area (Å²) in [6.45, 7) is 1.85. The summed E-state index contributed by atoms with van der Waals surface area (Å²) < 4.78 is 0. The number of carbonyl (C=O) groups is 2. The molecule has 0 spiro atoms. The predicted molar refractivity (Wildman–Crippen MR) is 74.4 cm³/mol. The number of amides is 1. The number of benzene rings is 1. The average molecular weight is 271 g/mol. The number of hydrogen-bond donors (Lipinski definition) is 3. The Labute approximate surface area is 115 Å². The van der Waals surface area contributed by atoms with Crippen LogP contribution < -0.4 is 5.32 Å². The van der Waals surface area contributed by atoms with E-state index in [9.17, 15) is 9.59 Å². The lowest BCUT2D eigenvalue weighted by Crippen LogP contribution is -2.13. The van der Waals surface area contributed by atoms with Crippen LogP contribution in [0.1, 0.15) is 21.6 Å². The van der Waals surface area contributed by atoms with Crippen molar-refractivity contribution in [3.05, 3.63) is 53.4 Å². The molecule has 3 N–H and O–H groups in total. The van der Waals surface area contributed by atoms with Gasteiger partial charge in [-0.25, -0.2) is 4.79 Å². The van der Waals surface area contributed by atoms with Crippen molar-refractivity contribution in [2.75, 3.05) is 5.32 Å². The van der Waals surface area contributed by atoms with E-state index in [1.807, 2.05) is 13.0 Å². The highest BCUT2D eigenvalue weighted by Crippen LogP contribution is 2.18. The van der Waals surface area contributed by atoms with Crippen LogP contribution in [0.2, 0.25) is 0 Å². The Morgan fingerprint density at radius 2 is 2.15 bits per heavy atom. The first kappa shape index (κ1) is 13.5. The van der Waals surface area contributed by atoms with Crippen molar-refractivity contribution in [2.24, 2.45) is 0 Å². The van der Waals surface area contributed by atoms with E-state index in [2.05, 4.69) is 15.5 Å². The highest BCUT2D eigenvalue weighted by Gasteiger charge is 2.08. The smallest absolute Gasteiger partial charge is 0.328 e. The lowest BCUT2D eigenvalue weighted by atomic mass is 10.1. The van der Waals surface area contributed by atoms with Crippen molar-refractivity contribution in [2.45, 2.75) is 6.92 Å². The Balaban J connectivity index is 2.20. The summed E-state index contributed by atoms with van der Waals surface area (Å²) in [5.41, 5.74) is 2.55. The minimum atomic E-state index is -1.02. The van der Waals surface area contributed by atoms with Gasteiger partial charge in [0.15, 0.2) is 0 Å². The summed E-state index contributed by atoms with van der Waals surface area (Å²) in [5.74, 6) is -1.32. The third-order valence-corrected chi connectivity index (χ3v) is 2.67. The van der Waals surface area contributed by atoms with Crippen LogP contribution in [0.15, 0.2) is 36.5 Å². The van der Waals surface area contributed by atoms with Gasteiger partial charge in [-0.05, 0) is 36.3 Å². The first-order chi connectivity index (χ1) is 9.56. The van der Waals surface area contributed by atoms with Crippen LogP contribution in [0, 0.1) is 6.92 Å². The van der Waals surface area contributed by atoms with Crippen molar-refractivity contribution < 1.29 is 14.7 Å². The number of aromatic nitrogens is 2. The van der Waals surface area contributed by atoms with Crippen molar-refractivity contribution in [3.63, 3.8) is 0 Å². The maximum atomic E-state index is 11.9. The number of aromatic amines is 1. The summed E-state index contributed by atoms with van der Waals surface area (Å²) in [7, 11) is 0. The van der Waals surface area contributed by atoms with Crippen LogP contribution in [0.5, 0.6) is 0 Å². The van der Waals surface area contributed by atoms with Gasteiger partial charge >= 0.3 is 5.97 Å². The van der Waals surface area contributed by atoms with E-state index >= 15 is 0 Å². The van der Waals surface area contributed by atoms with E-state index in [1.54, 1.807) is 18.2 Å². The Bertz CT molecular complexity index is 660. The number of anilines is 1. The van der Waals surface area contributed by atoms with E-state index in [-0.39, 0.29) is 5.91 Å². The molecule has 1 aromatic carbocycles. The molecule has 0 bridgehead atoms. The maximum absolute atomic E-state index is 11.9. The molecule has 102 valence electrons. The molecule has 6 heteroatoms. The second-order valence-electron chi connectivity index (χ2n) is 4.17. The molecule has 0 saturated heterocycles. The summed E-state index contributed by atoms with van der Waals surface area (Å²) in [4.78, 5) is 22.4. The van der Waals surface area contributed by atoms with Crippen LogP contribution in [0.4, 0.5) is 5.69 Å². The van der Waals surface area contributed by atoms with Gasteiger partial charge in [0.05, 0.1) is 0 Å². The third-order valence-electron chi connectivity index (χ3n) is 2.67. The highest BCUT2D eigenvalue weighted by molar-refractivity contribution is 6.03. The van der Waals surface area contributed by atoms with Crippen molar-refractivity contribution in [1.82, 2.24) is 10.2 Å². The molecule has 20 heavy (non-hydrogen) atoms. The highest BCUT2D eigenvalue weighted by atomic mass is 16.4. The van der Waals surface area contributed by atoms with Crippen LogP contribution >= 0.6 is 0 Å². The molecule has 0 aliphatic carbocycles. The molecule has 0 aliphatic rings. The molecular formula is C14H13N3O3. The minimum Gasteiger partial charge on any atom is -0.478 e. The van der Waals surface area contributed by atoms with E-state index in [1.165, 1.54) is 12.3 Å². The second-order valence-corrected chi connectivity index (χ2v) is 4.17. The van der Waals surface area contributed by atoms with Gasteiger partial charge in [-0.3, -0.25) is 9.89 Å². The monoisotopic (exact) mass is 271 g/mol. The number of carboxylic acids is 1. The molecule has 1 heterocycles. The fraction of sp³-hybridized carbons (Fsp3) is 0.0714.